The van der Waals surface area contributed by atoms with E-state index < -0.39 is 24.1 Å². The van der Waals surface area contributed by atoms with Crippen LogP contribution in [-0.2, 0) is 11.2 Å². The van der Waals surface area contributed by atoms with Gasteiger partial charge in [0.2, 0.25) is 5.91 Å². The minimum Gasteiger partial charge on any atom is -0.493 e. The van der Waals surface area contributed by atoms with Gasteiger partial charge in [0.15, 0.2) is 5.60 Å². The molecule has 5 nitrogen and oxygen atoms in total. The van der Waals surface area contributed by atoms with E-state index in [1.54, 1.807) is 36.4 Å². The zero-order valence-corrected chi connectivity index (χ0v) is 15.4. The van der Waals surface area contributed by atoms with Crippen LogP contribution in [0.5, 0.6) is 5.75 Å². The predicted molar refractivity (Wildman–Crippen MR) is 102 cm³/mol. The fraction of sp³-hybridized carbons (Fsp3) is 0.333. The molecule has 4 rings (SSSR count). The molecule has 0 saturated heterocycles. The molecule has 8 heteroatoms. The number of halogens is 3. The minimum atomic E-state index is -4.91. The van der Waals surface area contributed by atoms with Crippen LogP contribution in [0.2, 0.25) is 0 Å². The van der Waals surface area contributed by atoms with Gasteiger partial charge in [-0.1, -0.05) is 24.3 Å². The zero-order chi connectivity index (χ0) is 20.6. The fourth-order valence-corrected chi connectivity index (χ4v) is 3.77. The Morgan fingerprint density at radius 2 is 2.00 bits per heavy atom. The molecule has 0 fully saturated rings. The molecule has 1 amide bonds. The molecule has 2 aliphatic heterocycles. The minimum absolute atomic E-state index is 0.0423. The van der Waals surface area contributed by atoms with Gasteiger partial charge in [-0.05, 0) is 42.5 Å². The van der Waals surface area contributed by atoms with Crippen molar-refractivity contribution in [2.24, 2.45) is 4.99 Å². The standard InChI is InChI=1S/C21H19F3N2O3/c22-21(23,24)20(28,11-13-8-9-29-18-7-2-1-4-14(13)18)12-25-16-5-3-6-17-15(16)10-19(27)26-17/h1-7,12-13,28H,8-11H2,(H,26,27). The molecule has 2 heterocycles. The van der Waals surface area contributed by atoms with Crippen molar-refractivity contribution in [3.8, 4) is 5.75 Å². The third kappa shape index (κ3) is 3.72. The average Bonchev–Trinajstić information content (AvgIpc) is 3.06. The molecule has 0 radical (unpaired) electrons. The van der Waals surface area contributed by atoms with E-state index in [-0.39, 0.29) is 24.6 Å². The Labute approximate surface area is 165 Å². The summed E-state index contributed by atoms with van der Waals surface area (Å²) >= 11 is 0. The number of alkyl halides is 3. The van der Waals surface area contributed by atoms with Gasteiger partial charge in [0.1, 0.15) is 5.75 Å². The maximum absolute atomic E-state index is 13.8. The van der Waals surface area contributed by atoms with Gasteiger partial charge in [0.25, 0.3) is 0 Å². The number of ether oxygens (including phenoxy) is 1. The Morgan fingerprint density at radius 1 is 1.21 bits per heavy atom. The van der Waals surface area contributed by atoms with E-state index in [0.717, 1.165) is 0 Å². The molecule has 0 aliphatic carbocycles. The van der Waals surface area contributed by atoms with E-state index in [4.69, 9.17) is 4.74 Å². The van der Waals surface area contributed by atoms with Gasteiger partial charge in [-0.2, -0.15) is 13.2 Å². The average molecular weight is 404 g/mol. The molecule has 152 valence electrons. The maximum Gasteiger partial charge on any atom is 0.422 e. The largest absolute Gasteiger partial charge is 0.493 e. The van der Waals surface area contributed by atoms with Crippen molar-refractivity contribution in [3.63, 3.8) is 0 Å². The van der Waals surface area contributed by atoms with Crippen molar-refractivity contribution in [1.29, 1.82) is 0 Å². The van der Waals surface area contributed by atoms with Gasteiger partial charge in [0.05, 0.1) is 18.7 Å². The number of aliphatic imine (C=N–C) groups is 1. The van der Waals surface area contributed by atoms with Gasteiger partial charge in [-0.3, -0.25) is 9.79 Å². The summed E-state index contributed by atoms with van der Waals surface area (Å²) in [6, 6.07) is 11.7. The Hall–Kier alpha value is -2.87. The Bertz CT molecular complexity index is 974. The quantitative estimate of drug-likeness (QED) is 0.753. The van der Waals surface area contributed by atoms with Crippen molar-refractivity contribution in [2.45, 2.75) is 37.0 Å². The Balaban J connectivity index is 1.65. The fourth-order valence-electron chi connectivity index (χ4n) is 3.77. The number of carbonyl (C=O) groups is 1. The molecule has 2 aromatic carbocycles. The lowest BCUT2D eigenvalue weighted by molar-refractivity contribution is -0.232. The highest BCUT2D eigenvalue weighted by Crippen LogP contribution is 2.43. The summed E-state index contributed by atoms with van der Waals surface area (Å²) in [6.07, 6.45) is -4.51. The number of carbonyl (C=O) groups excluding carboxylic acids is 1. The van der Waals surface area contributed by atoms with Crippen molar-refractivity contribution in [1.82, 2.24) is 0 Å². The molecule has 2 unspecified atom stereocenters. The van der Waals surface area contributed by atoms with Crippen molar-refractivity contribution in [2.75, 3.05) is 11.9 Å². The number of benzene rings is 2. The molecule has 2 aliphatic rings. The van der Waals surface area contributed by atoms with Crippen LogP contribution in [0.15, 0.2) is 47.5 Å². The van der Waals surface area contributed by atoms with Crippen LogP contribution in [0, 0.1) is 0 Å². The van der Waals surface area contributed by atoms with Crippen LogP contribution in [0.1, 0.15) is 29.9 Å². The second kappa shape index (κ2) is 7.18. The van der Waals surface area contributed by atoms with Gasteiger partial charge >= 0.3 is 6.18 Å². The van der Waals surface area contributed by atoms with Gasteiger partial charge in [-0.25, -0.2) is 0 Å². The third-order valence-corrected chi connectivity index (χ3v) is 5.31. The number of nitrogens with one attached hydrogen (secondary N) is 1. The molecule has 2 atom stereocenters. The molecule has 29 heavy (non-hydrogen) atoms. The highest BCUT2D eigenvalue weighted by atomic mass is 19.4. The lowest BCUT2D eigenvalue weighted by Gasteiger charge is -2.33. The topological polar surface area (TPSA) is 70.9 Å². The first-order valence-electron chi connectivity index (χ1n) is 9.25. The molecule has 0 spiro atoms. The second-order valence-corrected chi connectivity index (χ2v) is 7.28. The molecule has 2 N–H and O–H groups in total. The Kier molecular flexibility index (Phi) is 4.82. The van der Waals surface area contributed by atoms with E-state index in [1.807, 2.05) is 0 Å². The van der Waals surface area contributed by atoms with E-state index in [9.17, 15) is 23.1 Å². The van der Waals surface area contributed by atoms with Crippen LogP contribution in [0.4, 0.5) is 24.5 Å². The number of para-hydroxylation sites is 1. The lowest BCUT2D eigenvalue weighted by atomic mass is 9.82. The summed E-state index contributed by atoms with van der Waals surface area (Å²) in [7, 11) is 0. The highest BCUT2D eigenvalue weighted by molar-refractivity contribution is 6.01. The maximum atomic E-state index is 13.8. The third-order valence-electron chi connectivity index (χ3n) is 5.31. The summed E-state index contributed by atoms with van der Waals surface area (Å²) in [5, 5.41) is 13.2. The van der Waals surface area contributed by atoms with Gasteiger partial charge in [0, 0.05) is 17.5 Å². The number of hydrogen-bond donors (Lipinski definition) is 2. The normalized spacial score (nSPS) is 20.6. The molecule has 2 aromatic rings. The number of anilines is 1. The summed E-state index contributed by atoms with van der Waals surface area (Å²) in [4.78, 5) is 15.5. The van der Waals surface area contributed by atoms with Crippen LogP contribution >= 0.6 is 0 Å². The van der Waals surface area contributed by atoms with Gasteiger partial charge < -0.3 is 15.2 Å². The van der Waals surface area contributed by atoms with E-state index in [0.29, 0.717) is 35.2 Å². The second-order valence-electron chi connectivity index (χ2n) is 7.28. The van der Waals surface area contributed by atoms with Crippen molar-refractivity contribution < 1.29 is 27.8 Å². The van der Waals surface area contributed by atoms with Crippen LogP contribution < -0.4 is 10.1 Å². The van der Waals surface area contributed by atoms with Crippen molar-refractivity contribution in [3.05, 3.63) is 53.6 Å². The number of hydrogen-bond acceptors (Lipinski definition) is 4. The number of fused-ring (bicyclic) bond motifs is 2. The summed E-state index contributed by atoms with van der Waals surface area (Å²) in [6.45, 7) is 0.284. The molecule has 0 saturated carbocycles. The zero-order valence-electron chi connectivity index (χ0n) is 15.4. The van der Waals surface area contributed by atoms with Crippen LogP contribution in [0.3, 0.4) is 0 Å². The predicted octanol–water partition coefficient (Wildman–Crippen LogP) is 4.13. The molecular formula is C21H19F3N2O3. The molecular weight excluding hydrogens is 385 g/mol. The van der Waals surface area contributed by atoms with Crippen molar-refractivity contribution >= 4 is 23.5 Å². The smallest absolute Gasteiger partial charge is 0.422 e. The summed E-state index contributed by atoms with van der Waals surface area (Å²) in [5.74, 6) is -0.231. The first-order valence-corrected chi connectivity index (χ1v) is 9.25. The number of rotatable bonds is 4. The Morgan fingerprint density at radius 3 is 2.79 bits per heavy atom. The number of amides is 1. The van der Waals surface area contributed by atoms with Crippen LogP contribution in [-0.4, -0.2) is 35.6 Å². The number of aliphatic hydroxyl groups is 1. The molecule has 0 bridgehead atoms. The monoisotopic (exact) mass is 404 g/mol. The summed E-state index contributed by atoms with van der Waals surface area (Å²) < 4.78 is 47.0. The van der Waals surface area contributed by atoms with Gasteiger partial charge in [-0.15, -0.1) is 0 Å². The highest BCUT2D eigenvalue weighted by Gasteiger charge is 2.54. The first kappa shape index (κ1) is 19.4. The lowest BCUT2D eigenvalue weighted by Crippen LogP contribution is -2.48. The molecule has 0 aromatic heterocycles. The van der Waals surface area contributed by atoms with E-state index in [2.05, 4.69) is 10.3 Å². The first-order chi connectivity index (χ1) is 13.8. The van der Waals surface area contributed by atoms with Crippen LogP contribution in [0.25, 0.3) is 0 Å². The SMILES string of the molecule is O=C1Cc2c(N=CC(O)(CC3CCOc4ccccc43)C(F)(F)F)cccc2N1. The van der Waals surface area contributed by atoms with E-state index in [1.165, 1.54) is 6.07 Å². The number of nitrogens with zero attached hydrogens (tertiary/aromatic N) is 1. The summed E-state index contributed by atoms with van der Waals surface area (Å²) in [5.41, 5.74) is -1.18. The van der Waals surface area contributed by atoms with E-state index >= 15 is 0 Å².